The van der Waals surface area contributed by atoms with Crippen molar-refractivity contribution in [1.29, 1.82) is 0 Å². The highest BCUT2D eigenvalue weighted by molar-refractivity contribution is 5.77. The second-order valence-corrected chi connectivity index (χ2v) is 13.5. The average molecular weight is 674 g/mol. The summed E-state index contributed by atoms with van der Waals surface area (Å²) in [7, 11) is 0. The normalized spacial score (nSPS) is 22.5. The van der Waals surface area contributed by atoms with Crippen LogP contribution in [0.5, 0.6) is 0 Å². The van der Waals surface area contributed by atoms with Gasteiger partial charge in [0.1, 0.15) is 12.2 Å². The van der Waals surface area contributed by atoms with Gasteiger partial charge in [-0.2, -0.15) is 0 Å². The van der Waals surface area contributed by atoms with Crippen molar-refractivity contribution in [1.82, 2.24) is 5.32 Å². The van der Waals surface area contributed by atoms with Crippen LogP contribution in [0.1, 0.15) is 162 Å². The van der Waals surface area contributed by atoms with Crippen molar-refractivity contribution in [3.63, 3.8) is 0 Å². The van der Waals surface area contributed by atoms with Gasteiger partial charge in [0.05, 0.1) is 50.2 Å². The number of nitrogens with one attached hydrogen (secondary N) is 1. The average Bonchev–Trinajstić information content (AvgIpc) is 3.02. The number of ether oxygens (including phenoxy) is 2. The van der Waals surface area contributed by atoms with E-state index in [-0.39, 0.29) is 12.8 Å². The minimum Gasteiger partial charge on any atom is -0.481 e. The minimum absolute atomic E-state index is 0.245. The maximum absolute atomic E-state index is 13.0. The summed E-state index contributed by atoms with van der Waals surface area (Å²) < 4.78 is 11.2. The number of aliphatic carboxylic acids is 1. The molecule has 0 aromatic rings. The molecule has 1 aliphatic heterocycles. The fourth-order valence-corrected chi connectivity index (χ4v) is 6.28. The molecule has 6 N–H and O–H groups in total. The molecule has 1 saturated heterocycles. The standard InChI is InChI=1S/C36H67NO10/c1-3-5-7-9-11-13-15-17-19-21-27(39)23-31(41)37-34-29(25-32(42)43)46-30(26-38)35(45)36(34)47-33(44)24-28(40)22-20-18-16-14-12-10-8-6-4-2/h27-30,34-36,38-40,45H,3-26H2,1-2H3,(H,37,41)(H,42,43)/t27-,28-,29+,30-,34-,35-,36-/m1/s1. The second-order valence-electron chi connectivity index (χ2n) is 13.5. The molecule has 11 heteroatoms. The molecule has 1 fully saturated rings. The van der Waals surface area contributed by atoms with Crippen LogP contribution in [0.25, 0.3) is 0 Å². The topological polar surface area (TPSA) is 183 Å². The Bertz CT molecular complexity index is 828. The second kappa shape index (κ2) is 27.1. The predicted molar refractivity (Wildman–Crippen MR) is 181 cm³/mol. The fourth-order valence-electron chi connectivity index (χ4n) is 6.28. The quantitative estimate of drug-likeness (QED) is 0.0449. The molecule has 7 atom stereocenters. The van der Waals surface area contributed by atoms with E-state index in [0.29, 0.717) is 12.8 Å². The van der Waals surface area contributed by atoms with Crippen molar-refractivity contribution < 1.29 is 49.4 Å². The van der Waals surface area contributed by atoms with Crippen LogP contribution in [0.4, 0.5) is 0 Å². The number of aliphatic hydroxyl groups excluding tert-OH is 4. The summed E-state index contributed by atoms with van der Waals surface area (Å²) in [6.07, 6.45) is 12.7. The number of amides is 1. The summed E-state index contributed by atoms with van der Waals surface area (Å²) in [6.45, 7) is 3.72. The zero-order chi connectivity index (χ0) is 34.9. The van der Waals surface area contributed by atoms with Gasteiger partial charge in [0.25, 0.3) is 0 Å². The number of hydrogen-bond donors (Lipinski definition) is 6. The van der Waals surface area contributed by atoms with Crippen molar-refractivity contribution in [2.45, 2.75) is 204 Å². The van der Waals surface area contributed by atoms with E-state index in [2.05, 4.69) is 19.2 Å². The van der Waals surface area contributed by atoms with E-state index < -0.39 is 73.5 Å². The SMILES string of the molecule is CCCCCCCCCCC[C@@H](O)CC(=O)N[C@H]1[C@@H](OC(=O)C[C@H](O)CCCCCCCCCCC)[C@H](O)[C@@H](CO)O[C@H]1CC(=O)O. The molecule has 0 spiro atoms. The molecule has 0 radical (unpaired) electrons. The van der Waals surface area contributed by atoms with Crippen molar-refractivity contribution >= 4 is 17.8 Å². The summed E-state index contributed by atoms with van der Waals surface area (Å²) in [5.74, 6) is -2.65. The maximum atomic E-state index is 13.0. The lowest BCUT2D eigenvalue weighted by Gasteiger charge is -2.44. The number of aliphatic hydroxyl groups is 4. The monoisotopic (exact) mass is 673 g/mol. The van der Waals surface area contributed by atoms with E-state index in [1.54, 1.807) is 0 Å². The van der Waals surface area contributed by atoms with Gasteiger partial charge in [0.15, 0.2) is 6.10 Å². The zero-order valence-corrected chi connectivity index (χ0v) is 29.3. The number of unbranched alkanes of at least 4 members (excludes halogenated alkanes) is 16. The number of carbonyl (C=O) groups excluding carboxylic acids is 2. The van der Waals surface area contributed by atoms with Gasteiger partial charge in [0, 0.05) is 0 Å². The van der Waals surface area contributed by atoms with Crippen molar-refractivity contribution in [3.8, 4) is 0 Å². The van der Waals surface area contributed by atoms with Crippen LogP contribution in [-0.2, 0) is 23.9 Å². The maximum Gasteiger partial charge on any atom is 0.308 e. The van der Waals surface area contributed by atoms with E-state index in [1.165, 1.54) is 64.2 Å². The molecule has 0 aliphatic carbocycles. The van der Waals surface area contributed by atoms with E-state index >= 15 is 0 Å². The van der Waals surface area contributed by atoms with E-state index in [1.807, 2.05) is 0 Å². The van der Waals surface area contributed by atoms with Gasteiger partial charge in [-0.25, -0.2) is 0 Å². The largest absolute Gasteiger partial charge is 0.481 e. The molecule has 0 unspecified atom stereocenters. The third kappa shape index (κ3) is 20.4. The number of carboxylic acids is 1. The summed E-state index contributed by atoms with van der Waals surface area (Å²) in [6, 6.07) is -1.24. The van der Waals surface area contributed by atoms with Crippen LogP contribution < -0.4 is 5.32 Å². The Morgan fingerprint density at radius 2 is 1.15 bits per heavy atom. The highest BCUT2D eigenvalue weighted by Crippen LogP contribution is 2.27. The van der Waals surface area contributed by atoms with Gasteiger partial charge in [0.2, 0.25) is 5.91 Å². The third-order valence-corrected chi connectivity index (χ3v) is 9.08. The Hall–Kier alpha value is -1.79. The molecule has 0 aromatic carbocycles. The Morgan fingerprint density at radius 1 is 0.702 bits per heavy atom. The first-order valence-electron chi connectivity index (χ1n) is 18.6. The van der Waals surface area contributed by atoms with Gasteiger partial charge in [-0.1, -0.05) is 129 Å². The molecule has 1 amide bonds. The zero-order valence-electron chi connectivity index (χ0n) is 29.3. The highest BCUT2D eigenvalue weighted by atomic mass is 16.6. The van der Waals surface area contributed by atoms with E-state index in [0.717, 1.165) is 51.4 Å². The van der Waals surface area contributed by atoms with Gasteiger partial charge in [-0.05, 0) is 12.8 Å². The van der Waals surface area contributed by atoms with Gasteiger partial charge < -0.3 is 40.3 Å². The Morgan fingerprint density at radius 3 is 1.60 bits per heavy atom. The Labute approximate surface area is 283 Å². The number of rotatable bonds is 29. The Kier molecular flexibility index (Phi) is 24.9. The molecule has 0 aromatic heterocycles. The molecule has 47 heavy (non-hydrogen) atoms. The van der Waals surface area contributed by atoms with Crippen LogP contribution in [0.2, 0.25) is 0 Å². The minimum atomic E-state index is -1.55. The van der Waals surface area contributed by atoms with E-state index in [4.69, 9.17) is 9.47 Å². The Balaban J connectivity index is 2.64. The molecule has 1 heterocycles. The van der Waals surface area contributed by atoms with Crippen molar-refractivity contribution in [2.24, 2.45) is 0 Å². The lowest BCUT2D eigenvalue weighted by atomic mass is 9.90. The number of hydrogen-bond acceptors (Lipinski definition) is 9. The van der Waals surface area contributed by atoms with Crippen LogP contribution >= 0.6 is 0 Å². The highest BCUT2D eigenvalue weighted by Gasteiger charge is 2.48. The molecule has 1 rings (SSSR count). The number of esters is 1. The smallest absolute Gasteiger partial charge is 0.308 e. The van der Waals surface area contributed by atoms with Crippen LogP contribution in [0, 0.1) is 0 Å². The van der Waals surface area contributed by atoms with Crippen LogP contribution in [0.3, 0.4) is 0 Å². The van der Waals surface area contributed by atoms with Crippen molar-refractivity contribution in [3.05, 3.63) is 0 Å². The number of carbonyl (C=O) groups is 3. The van der Waals surface area contributed by atoms with Crippen molar-refractivity contribution in [2.75, 3.05) is 6.61 Å². The summed E-state index contributed by atoms with van der Waals surface area (Å²) in [4.78, 5) is 37.4. The van der Waals surface area contributed by atoms with E-state index in [9.17, 15) is 39.9 Å². The molecule has 0 bridgehead atoms. The van der Waals surface area contributed by atoms with Crippen LogP contribution in [-0.4, -0.2) is 92.7 Å². The summed E-state index contributed by atoms with van der Waals surface area (Å²) >= 11 is 0. The molecule has 11 nitrogen and oxygen atoms in total. The molecule has 0 saturated carbocycles. The lowest BCUT2D eigenvalue weighted by Crippen LogP contribution is -2.65. The van der Waals surface area contributed by atoms with Crippen LogP contribution in [0.15, 0.2) is 0 Å². The fraction of sp³-hybridized carbons (Fsp3) is 0.917. The third-order valence-electron chi connectivity index (χ3n) is 9.08. The summed E-state index contributed by atoms with van der Waals surface area (Å²) in [5.41, 5.74) is 0. The lowest BCUT2D eigenvalue weighted by molar-refractivity contribution is -0.213. The number of carboxylic acid groups (broad SMARTS) is 1. The molecular formula is C36H67NO10. The molecular weight excluding hydrogens is 606 g/mol. The van der Waals surface area contributed by atoms with Gasteiger partial charge in [-0.15, -0.1) is 0 Å². The first-order chi connectivity index (χ1) is 22.6. The van der Waals surface area contributed by atoms with Gasteiger partial charge >= 0.3 is 11.9 Å². The first-order valence-corrected chi connectivity index (χ1v) is 18.6. The molecule has 276 valence electrons. The predicted octanol–water partition coefficient (Wildman–Crippen LogP) is 5.32. The van der Waals surface area contributed by atoms with Gasteiger partial charge in [-0.3, -0.25) is 14.4 Å². The first kappa shape index (κ1) is 43.2. The molecule has 1 aliphatic rings. The summed E-state index contributed by atoms with van der Waals surface area (Å²) in [5, 5.41) is 53.7.